The molecule has 0 radical (unpaired) electrons. The summed E-state index contributed by atoms with van der Waals surface area (Å²) in [7, 11) is 1.39. The number of hydrogen-bond donors (Lipinski definition) is 0. The minimum Gasteiger partial charge on any atom is -0.468 e. The summed E-state index contributed by atoms with van der Waals surface area (Å²) in [5.41, 5.74) is 0.422. The molecule has 6 heteroatoms. The van der Waals surface area contributed by atoms with E-state index in [1.807, 2.05) is 4.90 Å². The Morgan fingerprint density at radius 3 is 2.95 bits per heavy atom. The quantitative estimate of drug-likeness (QED) is 0.774. The SMILES string of the molecule is CCOC(=O)c1ccoc1CN1CCCC[C@@H]1C(=O)OC. The van der Waals surface area contributed by atoms with Crippen molar-refractivity contribution in [2.75, 3.05) is 20.3 Å². The van der Waals surface area contributed by atoms with Crippen LogP contribution in [-0.2, 0) is 20.8 Å². The number of nitrogens with zero attached hydrogens (tertiary/aromatic N) is 1. The molecule has 1 fully saturated rings. The van der Waals surface area contributed by atoms with Crippen molar-refractivity contribution < 1.29 is 23.5 Å². The number of methoxy groups -OCH3 is 1. The van der Waals surface area contributed by atoms with Crippen LogP contribution in [0, 0.1) is 0 Å². The Balaban J connectivity index is 2.11. The van der Waals surface area contributed by atoms with Crippen LogP contribution in [0.2, 0.25) is 0 Å². The molecule has 0 spiro atoms. The molecule has 0 unspecified atom stereocenters. The highest BCUT2D eigenvalue weighted by molar-refractivity contribution is 5.90. The molecular formula is C15H21NO5. The van der Waals surface area contributed by atoms with Crippen LogP contribution in [0.25, 0.3) is 0 Å². The van der Waals surface area contributed by atoms with Gasteiger partial charge in [0.15, 0.2) is 0 Å². The van der Waals surface area contributed by atoms with Gasteiger partial charge in [-0.25, -0.2) is 4.79 Å². The second-order valence-electron chi connectivity index (χ2n) is 4.98. The van der Waals surface area contributed by atoms with E-state index in [1.165, 1.54) is 13.4 Å². The maximum absolute atomic E-state index is 11.8. The van der Waals surface area contributed by atoms with Gasteiger partial charge in [0.2, 0.25) is 0 Å². The summed E-state index contributed by atoms with van der Waals surface area (Å²) in [4.78, 5) is 25.7. The van der Waals surface area contributed by atoms with Crippen LogP contribution in [0.15, 0.2) is 16.7 Å². The smallest absolute Gasteiger partial charge is 0.341 e. The minimum atomic E-state index is -0.395. The Labute approximate surface area is 124 Å². The Bertz CT molecular complexity index is 496. The molecule has 0 amide bonds. The maximum atomic E-state index is 11.8. The summed E-state index contributed by atoms with van der Waals surface area (Å²) in [6.07, 6.45) is 4.25. The lowest BCUT2D eigenvalue weighted by Gasteiger charge is -2.33. The third-order valence-electron chi connectivity index (χ3n) is 3.67. The van der Waals surface area contributed by atoms with Crippen LogP contribution in [0.1, 0.15) is 42.3 Å². The molecule has 116 valence electrons. The van der Waals surface area contributed by atoms with E-state index in [0.717, 1.165) is 25.8 Å². The zero-order valence-electron chi connectivity index (χ0n) is 12.5. The number of carbonyl (C=O) groups is 2. The first-order chi connectivity index (χ1) is 10.2. The van der Waals surface area contributed by atoms with E-state index in [-0.39, 0.29) is 12.0 Å². The molecular weight excluding hydrogens is 274 g/mol. The van der Waals surface area contributed by atoms with Crippen molar-refractivity contribution in [2.45, 2.75) is 38.8 Å². The van der Waals surface area contributed by atoms with E-state index in [0.29, 0.717) is 24.5 Å². The standard InChI is InChI=1S/C15H21NO5/c1-3-20-14(17)11-7-9-21-13(11)10-16-8-5-4-6-12(16)15(18)19-2/h7,9,12H,3-6,8,10H2,1-2H3/t12-/m1/s1. The predicted molar refractivity (Wildman–Crippen MR) is 74.7 cm³/mol. The lowest BCUT2D eigenvalue weighted by molar-refractivity contribution is -0.148. The van der Waals surface area contributed by atoms with Crippen molar-refractivity contribution in [2.24, 2.45) is 0 Å². The van der Waals surface area contributed by atoms with Gasteiger partial charge in [0, 0.05) is 0 Å². The van der Waals surface area contributed by atoms with Gasteiger partial charge in [-0.2, -0.15) is 0 Å². The lowest BCUT2D eigenvalue weighted by atomic mass is 10.0. The molecule has 6 nitrogen and oxygen atoms in total. The fourth-order valence-electron chi connectivity index (χ4n) is 2.62. The summed E-state index contributed by atoms with van der Waals surface area (Å²) in [6, 6.07) is 1.33. The first kappa shape index (κ1) is 15.6. The molecule has 0 N–H and O–H groups in total. The van der Waals surface area contributed by atoms with Gasteiger partial charge in [-0.1, -0.05) is 6.42 Å². The molecule has 1 aromatic heterocycles. The fourth-order valence-corrected chi connectivity index (χ4v) is 2.62. The van der Waals surface area contributed by atoms with Gasteiger partial charge in [-0.15, -0.1) is 0 Å². The highest BCUT2D eigenvalue weighted by Crippen LogP contribution is 2.23. The molecule has 1 saturated heterocycles. The third kappa shape index (κ3) is 3.64. The topological polar surface area (TPSA) is 69.0 Å². The number of likely N-dealkylation sites (tertiary alicyclic amines) is 1. The normalized spacial score (nSPS) is 19.2. The highest BCUT2D eigenvalue weighted by atomic mass is 16.5. The molecule has 0 aromatic carbocycles. The van der Waals surface area contributed by atoms with Crippen LogP contribution < -0.4 is 0 Å². The second kappa shape index (κ2) is 7.26. The average Bonchev–Trinajstić information content (AvgIpc) is 2.95. The van der Waals surface area contributed by atoms with E-state index < -0.39 is 5.97 Å². The molecule has 0 saturated carbocycles. The van der Waals surface area contributed by atoms with Crippen molar-refractivity contribution in [3.63, 3.8) is 0 Å². The molecule has 1 aliphatic heterocycles. The van der Waals surface area contributed by atoms with Gasteiger partial charge in [-0.05, 0) is 32.4 Å². The fraction of sp³-hybridized carbons (Fsp3) is 0.600. The number of furan rings is 1. The summed E-state index contributed by atoms with van der Waals surface area (Å²) in [5, 5.41) is 0. The second-order valence-corrected chi connectivity index (χ2v) is 4.98. The molecule has 1 aromatic rings. The lowest BCUT2D eigenvalue weighted by Crippen LogP contribution is -2.44. The zero-order valence-corrected chi connectivity index (χ0v) is 12.5. The molecule has 1 atom stereocenters. The van der Waals surface area contributed by atoms with Crippen LogP contribution in [0.5, 0.6) is 0 Å². The van der Waals surface area contributed by atoms with E-state index in [2.05, 4.69) is 0 Å². The Morgan fingerprint density at radius 2 is 2.24 bits per heavy atom. The van der Waals surface area contributed by atoms with Crippen molar-refractivity contribution in [3.8, 4) is 0 Å². The number of ether oxygens (including phenoxy) is 2. The molecule has 2 heterocycles. The van der Waals surface area contributed by atoms with Crippen LogP contribution in [0.3, 0.4) is 0 Å². The van der Waals surface area contributed by atoms with Gasteiger partial charge in [0.05, 0.1) is 26.5 Å². The van der Waals surface area contributed by atoms with Crippen molar-refractivity contribution >= 4 is 11.9 Å². The van der Waals surface area contributed by atoms with E-state index in [1.54, 1.807) is 13.0 Å². The highest BCUT2D eigenvalue weighted by Gasteiger charge is 2.31. The Kier molecular flexibility index (Phi) is 5.38. The average molecular weight is 295 g/mol. The summed E-state index contributed by atoms with van der Waals surface area (Å²) >= 11 is 0. The maximum Gasteiger partial charge on any atom is 0.341 e. The molecule has 2 rings (SSSR count). The number of esters is 2. The predicted octanol–water partition coefficient (Wildman–Crippen LogP) is 1.98. The number of carbonyl (C=O) groups excluding carboxylic acids is 2. The number of rotatable bonds is 5. The van der Waals surface area contributed by atoms with E-state index in [9.17, 15) is 9.59 Å². The van der Waals surface area contributed by atoms with Gasteiger partial charge < -0.3 is 13.9 Å². The van der Waals surface area contributed by atoms with Crippen molar-refractivity contribution in [1.82, 2.24) is 4.90 Å². The van der Waals surface area contributed by atoms with Crippen LogP contribution >= 0.6 is 0 Å². The van der Waals surface area contributed by atoms with Gasteiger partial charge in [-0.3, -0.25) is 9.69 Å². The van der Waals surface area contributed by atoms with E-state index in [4.69, 9.17) is 13.9 Å². The minimum absolute atomic E-state index is 0.237. The van der Waals surface area contributed by atoms with Gasteiger partial charge in [0.25, 0.3) is 0 Å². The molecule has 1 aliphatic rings. The third-order valence-corrected chi connectivity index (χ3v) is 3.67. The molecule has 0 aliphatic carbocycles. The van der Waals surface area contributed by atoms with Crippen LogP contribution in [0.4, 0.5) is 0 Å². The number of hydrogen-bond acceptors (Lipinski definition) is 6. The largest absolute Gasteiger partial charge is 0.468 e. The Morgan fingerprint density at radius 1 is 1.43 bits per heavy atom. The summed E-state index contributed by atoms with van der Waals surface area (Å²) < 4.78 is 15.3. The molecule has 0 bridgehead atoms. The molecule has 21 heavy (non-hydrogen) atoms. The summed E-state index contributed by atoms with van der Waals surface area (Å²) in [5.74, 6) is -0.101. The first-order valence-corrected chi connectivity index (χ1v) is 7.22. The Hall–Kier alpha value is -1.82. The number of piperidine rings is 1. The van der Waals surface area contributed by atoms with Crippen molar-refractivity contribution in [3.05, 3.63) is 23.7 Å². The van der Waals surface area contributed by atoms with E-state index >= 15 is 0 Å². The monoisotopic (exact) mass is 295 g/mol. The zero-order chi connectivity index (χ0) is 15.2. The first-order valence-electron chi connectivity index (χ1n) is 7.22. The van der Waals surface area contributed by atoms with Crippen molar-refractivity contribution in [1.29, 1.82) is 0 Å². The van der Waals surface area contributed by atoms with Gasteiger partial charge in [0.1, 0.15) is 17.4 Å². The summed E-state index contributed by atoms with van der Waals surface area (Å²) in [6.45, 7) is 3.26. The van der Waals surface area contributed by atoms with Crippen LogP contribution in [-0.4, -0.2) is 43.1 Å². The van der Waals surface area contributed by atoms with Gasteiger partial charge >= 0.3 is 11.9 Å².